The number of ether oxygens (including phenoxy) is 4. The number of hydrogen-bond donors (Lipinski definition) is 6. The molecule has 1 amide bonds. The molecule has 1 spiro atoms. The molecule has 45 heavy (non-hydrogen) atoms. The van der Waals surface area contributed by atoms with Crippen molar-refractivity contribution in [2.75, 3.05) is 20.7 Å². The number of likely N-dealkylation sites (tertiary alicyclic amines) is 1. The minimum atomic E-state index is -2.52. The maximum atomic E-state index is 13.0. The molecule has 2 aliphatic carbocycles. The van der Waals surface area contributed by atoms with Gasteiger partial charge < -0.3 is 54.7 Å². The maximum Gasteiger partial charge on any atom is 0.343 e. The second kappa shape index (κ2) is 11.6. The van der Waals surface area contributed by atoms with Crippen molar-refractivity contribution < 1.29 is 68.5 Å². The van der Waals surface area contributed by atoms with Gasteiger partial charge in [-0.1, -0.05) is 6.07 Å². The highest BCUT2D eigenvalue weighted by Crippen LogP contribution is 2.65. The third kappa shape index (κ3) is 5.07. The number of benzene rings is 1. The fraction of sp³-hybridized carbons (Fsp3) is 0.552. The first kappa shape index (κ1) is 32.2. The predicted molar refractivity (Wildman–Crippen MR) is 147 cm³/mol. The highest BCUT2D eigenvalue weighted by Gasteiger charge is 2.72. The number of aliphatic hydroxyl groups is 3. The number of hydrogen-bond acceptors (Lipinski definition) is 13. The zero-order chi connectivity index (χ0) is 33.0. The average Bonchev–Trinajstić information content (AvgIpc) is 3.34. The van der Waals surface area contributed by atoms with Crippen molar-refractivity contribution >= 4 is 29.8 Å². The molecule has 16 heteroatoms. The number of nitrogens with one attached hydrogen (secondary N) is 1. The Balaban J connectivity index is 1.31. The van der Waals surface area contributed by atoms with E-state index in [1.807, 2.05) is 18.4 Å². The smallest absolute Gasteiger partial charge is 0.343 e. The molecule has 1 fully saturated rings. The van der Waals surface area contributed by atoms with E-state index in [1.165, 1.54) is 13.2 Å². The van der Waals surface area contributed by atoms with Crippen LogP contribution in [-0.4, -0.2) is 123 Å². The summed E-state index contributed by atoms with van der Waals surface area (Å²) in [6.45, 7) is 1.61. The van der Waals surface area contributed by atoms with Crippen molar-refractivity contribution in [1.29, 1.82) is 0 Å². The van der Waals surface area contributed by atoms with Gasteiger partial charge >= 0.3 is 23.9 Å². The number of carbonyl (C=O) groups is 5. The molecular weight excluding hydrogens is 600 g/mol. The monoisotopic (exact) mass is 634 g/mol. The van der Waals surface area contributed by atoms with Crippen LogP contribution in [0.1, 0.15) is 37.3 Å². The third-order valence-corrected chi connectivity index (χ3v) is 9.21. The van der Waals surface area contributed by atoms with Crippen LogP contribution >= 0.6 is 0 Å². The number of piperidine rings is 1. The minimum absolute atomic E-state index is 0.0374. The van der Waals surface area contributed by atoms with E-state index in [-0.39, 0.29) is 18.2 Å². The van der Waals surface area contributed by atoms with E-state index in [0.717, 1.165) is 18.1 Å². The largest absolute Gasteiger partial charge is 0.493 e. The van der Waals surface area contributed by atoms with E-state index in [0.29, 0.717) is 30.9 Å². The van der Waals surface area contributed by atoms with E-state index < -0.39 is 77.7 Å². The standard InChI is InChI=1S/C29H34N2O14/c1-12(24(36)30-14(25(37)38)11-18(32)33)43-26(39)20(34)21(35)27(40)44-16-6-7-29(41)17-10-13-4-5-15(42-3)22-19(13)28(29,23(16)45-22)8-9-31(17)2/h4-6,12,14,17,20-21,23,34-35,41H,7-11H2,1-3H3,(H,30,36)(H,32,33)(H,37,38)/t12-,14+,17+,20+,21+,23-,28-,29+/m0/s1. The van der Waals surface area contributed by atoms with Gasteiger partial charge in [0.05, 0.1) is 24.5 Å². The first-order valence-electron chi connectivity index (χ1n) is 14.2. The lowest BCUT2D eigenvalue weighted by Crippen LogP contribution is -2.74. The van der Waals surface area contributed by atoms with Crippen LogP contribution in [0.15, 0.2) is 24.0 Å². The number of carboxylic acid groups (broad SMARTS) is 2. The molecule has 2 aliphatic heterocycles. The van der Waals surface area contributed by atoms with Crippen molar-refractivity contribution in [3.05, 3.63) is 35.1 Å². The Morgan fingerprint density at radius 2 is 1.82 bits per heavy atom. The lowest BCUT2D eigenvalue weighted by molar-refractivity contribution is -0.181. The van der Waals surface area contributed by atoms with E-state index in [9.17, 15) is 39.3 Å². The summed E-state index contributed by atoms with van der Waals surface area (Å²) in [4.78, 5) is 61.9. The van der Waals surface area contributed by atoms with Gasteiger partial charge in [0.1, 0.15) is 11.8 Å². The molecule has 0 aromatic heterocycles. The summed E-state index contributed by atoms with van der Waals surface area (Å²) in [6.07, 6.45) is -6.13. The van der Waals surface area contributed by atoms with Crippen LogP contribution < -0.4 is 14.8 Å². The van der Waals surface area contributed by atoms with E-state index in [1.54, 1.807) is 6.07 Å². The van der Waals surface area contributed by atoms with Gasteiger partial charge in [-0.05, 0) is 51.1 Å². The Bertz CT molecular complexity index is 1480. The van der Waals surface area contributed by atoms with Gasteiger partial charge in [-0.3, -0.25) is 9.59 Å². The number of amides is 1. The summed E-state index contributed by atoms with van der Waals surface area (Å²) in [5, 5.41) is 52.9. The molecule has 2 bridgehead atoms. The Labute approximate surface area is 256 Å². The van der Waals surface area contributed by atoms with Crippen LogP contribution in [0.3, 0.4) is 0 Å². The van der Waals surface area contributed by atoms with E-state index in [2.05, 4.69) is 4.90 Å². The fourth-order valence-corrected chi connectivity index (χ4v) is 6.98. The van der Waals surface area contributed by atoms with Crippen LogP contribution in [0.25, 0.3) is 0 Å². The summed E-state index contributed by atoms with van der Waals surface area (Å²) >= 11 is 0. The predicted octanol–water partition coefficient (Wildman–Crippen LogP) is -1.79. The van der Waals surface area contributed by atoms with Crippen molar-refractivity contribution in [3.8, 4) is 11.5 Å². The Morgan fingerprint density at radius 1 is 1.13 bits per heavy atom. The molecule has 244 valence electrons. The zero-order valence-corrected chi connectivity index (χ0v) is 24.6. The quantitative estimate of drug-likeness (QED) is 0.147. The molecule has 16 nitrogen and oxygen atoms in total. The number of rotatable bonds is 11. The molecule has 0 unspecified atom stereocenters. The number of carbonyl (C=O) groups excluding carboxylic acids is 3. The number of aliphatic hydroxyl groups excluding tert-OH is 2. The summed E-state index contributed by atoms with van der Waals surface area (Å²) in [5.41, 5.74) is -0.596. The van der Waals surface area contributed by atoms with Crippen LogP contribution in [0.5, 0.6) is 11.5 Å². The van der Waals surface area contributed by atoms with Gasteiger partial charge in [0.15, 0.2) is 35.9 Å². The highest BCUT2D eigenvalue weighted by atomic mass is 16.6. The average molecular weight is 635 g/mol. The molecule has 4 aliphatic rings. The SMILES string of the molecule is COc1ccc2c3c1O[C@H]1C(OC(=O)[C@H](O)[C@@H](O)C(=O)O[C@@H](C)C(=O)N[C@H](CC(=O)O)C(=O)O)=CC[C@@]4(O)[C@@H](C2)N(C)CC[C@]314. The number of methoxy groups -OCH3 is 1. The second-order valence-corrected chi connectivity index (χ2v) is 11.7. The number of esters is 2. The van der Waals surface area contributed by atoms with Gasteiger partial charge in [0.25, 0.3) is 5.91 Å². The number of likely N-dealkylation sites (N-methyl/N-ethyl adjacent to an activating group) is 1. The lowest BCUT2D eigenvalue weighted by atomic mass is 9.50. The summed E-state index contributed by atoms with van der Waals surface area (Å²) < 4.78 is 22.1. The van der Waals surface area contributed by atoms with Crippen LogP contribution in [0.2, 0.25) is 0 Å². The number of aliphatic carboxylic acids is 2. The lowest BCUT2D eigenvalue weighted by Gasteiger charge is -2.61. The topological polar surface area (TPSA) is 239 Å². The Kier molecular flexibility index (Phi) is 8.28. The zero-order valence-electron chi connectivity index (χ0n) is 24.6. The van der Waals surface area contributed by atoms with Gasteiger partial charge in [0.2, 0.25) is 0 Å². The van der Waals surface area contributed by atoms with Crippen molar-refractivity contribution in [1.82, 2.24) is 10.2 Å². The first-order valence-corrected chi connectivity index (χ1v) is 14.2. The van der Waals surface area contributed by atoms with Crippen LogP contribution in [0.4, 0.5) is 0 Å². The fourth-order valence-electron chi connectivity index (χ4n) is 6.98. The number of carboxylic acids is 2. The Hall–Kier alpha value is -4.25. The summed E-state index contributed by atoms with van der Waals surface area (Å²) in [6, 6.07) is 1.58. The van der Waals surface area contributed by atoms with Gasteiger partial charge in [0, 0.05) is 18.0 Å². The van der Waals surface area contributed by atoms with Crippen molar-refractivity contribution in [2.45, 2.75) is 80.1 Å². The van der Waals surface area contributed by atoms with Crippen LogP contribution in [-0.2, 0) is 45.3 Å². The van der Waals surface area contributed by atoms with Gasteiger partial charge in [-0.15, -0.1) is 0 Å². The van der Waals surface area contributed by atoms with Crippen LogP contribution in [0, 0.1) is 0 Å². The molecule has 1 aromatic rings. The molecular formula is C29H34N2O14. The van der Waals surface area contributed by atoms with E-state index >= 15 is 0 Å². The molecule has 8 atom stereocenters. The normalized spacial score (nSPS) is 28.6. The molecule has 6 N–H and O–H groups in total. The second-order valence-electron chi connectivity index (χ2n) is 11.7. The molecule has 0 radical (unpaired) electrons. The first-order chi connectivity index (χ1) is 21.2. The summed E-state index contributed by atoms with van der Waals surface area (Å²) in [5.74, 6) is -6.60. The van der Waals surface area contributed by atoms with Crippen molar-refractivity contribution in [3.63, 3.8) is 0 Å². The molecule has 2 heterocycles. The Morgan fingerprint density at radius 3 is 2.47 bits per heavy atom. The van der Waals surface area contributed by atoms with Gasteiger partial charge in [-0.25, -0.2) is 14.4 Å². The summed E-state index contributed by atoms with van der Waals surface area (Å²) in [7, 11) is 3.41. The van der Waals surface area contributed by atoms with Crippen molar-refractivity contribution in [2.24, 2.45) is 0 Å². The number of nitrogens with zero attached hydrogens (tertiary/aromatic N) is 1. The highest BCUT2D eigenvalue weighted by molar-refractivity contribution is 5.91. The maximum absolute atomic E-state index is 13.0. The molecule has 1 aromatic carbocycles. The van der Waals surface area contributed by atoms with E-state index in [4.69, 9.17) is 29.2 Å². The molecule has 1 saturated heterocycles. The molecule has 0 saturated carbocycles. The minimum Gasteiger partial charge on any atom is -0.493 e. The molecule has 5 rings (SSSR count). The third-order valence-electron chi connectivity index (χ3n) is 9.21. The van der Waals surface area contributed by atoms with Gasteiger partial charge in [-0.2, -0.15) is 0 Å².